The van der Waals surface area contributed by atoms with Gasteiger partial charge in [-0.15, -0.1) is 11.3 Å². The Morgan fingerprint density at radius 3 is 2.75 bits per heavy atom. The molecule has 178 valence electrons. The molecule has 6 rings (SSSR count). The Bertz CT molecular complexity index is 1750. The molecule has 0 saturated heterocycles. The van der Waals surface area contributed by atoms with E-state index in [1.165, 1.54) is 35.6 Å². The number of pyridine rings is 1. The van der Waals surface area contributed by atoms with E-state index in [1.807, 2.05) is 31.2 Å². The van der Waals surface area contributed by atoms with Crippen molar-refractivity contribution in [1.82, 2.24) is 34.6 Å². The van der Waals surface area contributed by atoms with Crippen molar-refractivity contribution >= 4 is 38.3 Å². The predicted octanol–water partition coefficient (Wildman–Crippen LogP) is 4.02. The molecule has 5 aromatic heterocycles. The van der Waals surface area contributed by atoms with Gasteiger partial charge in [0.15, 0.2) is 11.6 Å². The van der Waals surface area contributed by atoms with Crippen LogP contribution in [-0.4, -0.2) is 41.8 Å². The first-order chi connectivity index (χ1) is 17.6. The van der Waals surface area contributed by atoms with E-state index in [0.717, 1.165) is 10.2 Å². The molecule has 1 aromatic carbocycles. The van der Waals surface area contributed by atoms with Gasteiger partial charge < -0.3 is 14.6 Å². The van der Waals surface area contributed by atoms with Crippen LogP contribution in [0.2, 0.25) is 0 Å². The third-order valence-electron chi connectivity index (χ3n) is 5.78. The fraction of sp³-hybridized carbons (Fsp3) is 0.125. The summed E-state index contributed by atoms with van der Waals surface area (Å²) in [5.41, 5.74) is 4.21. The van der Waals surface area contributed by atoms with Crippen molar-refractivity contribution < 1.29 is 9.26 Å². The number of hydrogen-bond acceptors (Lipinski definition) is 11. The maximum Gasteiger partial charge on any atom is 0.316 e. The summed E-state index contributed by atoms with van der Waals surface area (Å²) in [6.07, 6.45) is 6.18. The molecule has 0 aliphatic carbocycles. The summed E-state index contributed by atoms with van der Waals surface area (Å²) in [7, 11) is 1.50. The van der Waals surface area contributed by atoms with Gasteiger partial charge in [0.1, 0.15) is 22.9 Å². The molecule has 0 aliphatic rings. The van der Waals surface area contributed by atoms with Crippen LogP contribution < -0.4 is 15.6 Å². The fourth-order valence-electron chi connectivity index (χ4n) is 4.14. The van der Waals surface area contributed by atoms with Crippen LogP contribution in [0.15, 0.2) is 70.1 Å². The Morgan fingerprint density at radius 1 is 1.11 bits per heavy atom. The summed E-state index contributed by atoms with van der Waals surface area (Å²) in [6, 6.07) is 9.17. The van der Waals surface area contributed by atoms with Gasteiger partial charge in [-0.2, -0.15) is 0 Å². The molecule has 0 radical (unpaired) electrons. The van der Waals surface area contributed by atoms with Crippen molar-refractivity contribution in [3.8, 4) is 23.0 Å². The van der Waals surface area contributed by atoms with Crippen molar-refractivity contribution in [1.29, 1.82) is 0 Å². The first-order valence-corrected chi connectivity index (χ1v) is 11.8. The lowest BCUT2D eigenvalue weighted by Crippen LogP contribution is -2.26. The Balaban J connectivity index is 1.54. The minimum absolute atomic E-state index is 0.250. The summed E-state index contributed by atoms with van der Waals surface area (Å²) >= 11 is 1.43. The Hall–Kier alpha value is -4.71. The number of nitrogens with zero attached hydrogens (tertiary/aromatic N) is 7. The second-order valence-electron chi connectivity index (χ2n) is 7.89. The van der Waals surface area contributed by atoms with E-state index in [-0.39, 0.29) is 17.6 Å². The fourth-order valence-corrected chi connectivity index (χ4v) is 4.77. The third kappa shape index (κ3) is 3.64. The number of rotatable bonds is 6. The van der Waals surface area contributed by atoms with E-state index >= 15 is 0 Å². The molecule has 0 spiro atoms. The largest absolute Gasteiger partial charge is 0.467 e. The van der Waals surface area contributed by atoms with Crippen LogP contribution in [0.1, 0.15) is 18.7 Å². The molecule has 0 aliphatic heterocycles. The van der Waals surface area contributed by atoms with Crippen molar-refractivity contribution in [2.24, 2.45) is 0 Å². The van der Waals surface area contributed by atoms with Crippen molar-refractivity contribution in [3.05, 3.63) is 76.9 Å². The third-order valence-corrected chi connectivity index (χ3v) is 6.51. The number of nitrogens with one attached hydrogen (secondary N) is 1. The number of hydrogen-bond donors (Lipinski definition) is 1. The van der Waals surface area contributed by atoms with Crippen molar-refractivity contribution in [3.63, 3.8) is 0 Å². The highest BCUT2D eigenvalue weighted by Gasteiger charge is 2.21. The monoisotopic (exact) mass is 498 g/mol. The predicted molar refractivity (Wildman–Crippen MR) is 134 cm³/mol. The summed E-state index contributed by atoms with van der Waals surface area (Å²) < 4.78 is 11.7. The van der Waals surface area contributed by atoms with Gasteiger partial charge in [-0.25, -0.2) is 24.9 Å². The molecule has 11 nitrogen and oxygen atoms in total. The van der Waals surface area contributed by atoms with Gasteiger partial charge in [-0.05, 0) is 23.9 Å². The number of anilines is 1. The Morgan fingerprint density at radius 2 is 1.97 bits per heavy atom. The van der Waals surface area contributed by atoms with Crippen LogP contribution in [0.3, 0.4) is 0 Å². The van der Waals surface area contributed by atoms with E-state index in [2.05, 4.69) is 35.4 Å². The maximum absolute atomic E-state index is 14.0. The van der Waals surface area contributed by atoms with Gasteiger partial charge >= 0.3 is 6.01 Å². The number of benzene rings is 1. The molecular weight excluding hydrogens is 480 g/mol. The topological polar surface area (TPSA) is 134 Å². The van der Waals surface area contributed by atoms with Crippen LogP contribution >= 0.6 is 11.3 Å². The molecule has 0 amide bonds. The summed E-state index contributed by atoms with van der Waals surface area (Å²) in [6.45, 7) is 1.94. The first kappa shape index (κ1) is 21.8. The van der Waals surface area contributed by atoms with Gasteiger partial charge in [0, 0.05) is 24.0 Å². The van der Waals surface area contributed by atoms with Crippen molar-refractivity contribution in [2.45, 2.75) is 13.0 Å². The number of aromatic nitrogens is 7. The lowest BCUT2D eigenvalue weighted by molar-refractivity contribution is 0.380. The Labute approximate surface area is 207 Å². The molecule has 5 heterocycles. The molecule has 1 atom stereocenters. The van der Waals surface area contributed by atoms with E-state index in [0.29, 0.717) is 39.4 Å². The van der Waals surface area contributed by atoms with Crippen molar-refractivity contribution in [2.75, 3.05) is 12.4 Å². The van der Waals surface area contributed by atoms with Crippen LogP contribution in [0.4, 0.5) is 5.82 Å². The van der Waals surface area contributed by atoms with Gasteiger partial charge in [0.2, 0.25) is 0 Å². The number of fused-ring (bicyclic) bond motifs is 2. The minimum Gasteiger partial charge on any atom is -0.467 e. The highest BCUT2D eigenvalue weighted by molar-refractivity contribution is 7.16. The molecule has 1 N–H and O–H groups in total. The summed E-state index contributed by atoms with van der Waals surface area (Å²) in [5, 5.41) is 8.71. The van der Waals surface area contributed by atoms with Gasteiger partial charge in [-0.1, -0.05) is 23.4 Å². The molecular formula is C24H18N8O3S. The van der Waals surface area contributed by atoms with E-state index < -0.39 is 0 Å². The molecule has 36 heavy (non-hydrogen) atoms. The number of thiazole rings is 1. The summed E-state index contributed by atoms with van der Waals surface area (Å²) in [5.74, 6) is 0.949. The van der Waals surface area contributed by atoms with Gasteiger partial charge in [-0.3, -0.25) is 9.36 Å². The highest BCUT2D eigenvalue weighted by atomic mass is 32.1. The van der Waals surface area contributed by atoms with E-state index in [1.54, 1.807) is 24.0 Å². The van der Waals surface area contributed by atoms with Gasteiger partial charge in [0.05, 0.1) is 29.7 Å². The van der Waals surface area contributed by atoms with Crippen LogP contribution in [0, 0.1) is 0 Å². The van der Waals surface area contributed by atoms with Crippen LogP contribution in [-0.2, 0) is 0 Å². The smallest absolute Gasteiger partial charge is 0.316 e. The van der Waals surface area contributed by atoms with E-state index in [9.17, 15) is 4.79 Å². The normalized spacial score (nSPS) is 12.2. The molecule has 0 saturated carbocycles. The first-order valence-electron chi connectivity index (χ1n) is 10.9. The summed E-state index contributed by atoms with van der Waals surface area (Å²) in [4.78, 5) is 36.2. The molecule has 0 bridgehead atoms. The van der Waals surface area contributed by atoms with Crippen LogP contribution in [0.25, 0.3) is 38.1 Å². The molecule has 12 heteroatoms. The maximum atomic E-state index is 14.0. The second kappa shape index (κ2) is 8.82. The zero-order valence-corrected chi connectivity index (χ0v) is 19.9. The average molecular weight is 499 g/mol. The highest BCUT2D eigenvalue weighted by Crippen LogP contribution is 2.30. The Kier molecular flexibility index (Phi) is 5.34. The standard InChI is InChI=1S/C24H18N8O3S/c1-13(30-21-20-22(28-11-27-21)36-12-29-20)17-8-14-4-3-5-16(15-9-25-24(34-2)26-10-15)19(14)23(33)32(17)18-6-7-35-31-18/h3-13H,1-2H3,(H,27,28,30)/t13-/m0/s1. The lowest BCUT2D eigenvalue weighted by Gasteiger charge is -2.20. The minimum atomic E-state index is -0.341. The second-order valence-corrected chi connectivity index (χ2v) is 8.72. The van der Waals surface area contributed by atoms with Gasteiger partial charge in [0.25, 0.3) is 5.56 Å². The molecule has 6 aromatic rings. The number of ether oxygens (including phenoxy) is 1. The lowest BCUT2D eigenvalue weighted by atomic mass is 10.00. The zero-order chi connectivity index (χ0) is 24.6. The quantitative estimate of drug-likeness (QED) is 0.359. The van der Waals surface area contributed by atoms with Crippen LogP contribution in [0.5, 0.6) is 6.01 Å². The average Bonchev–Trinajstić information content (AvgIpc) is 3.61. The SMILES string of the molecule is COc1ncc(-c2cccc3cc([C@H](C)Nc4ncnc5scnc45)n(-c4ccon4)c(=O)c23)cn1. The van der Waals surface area contributed by atoms with E-state index in [4.69, 9.17) is 9.26 Å². The molecule has 0 unspecified atom stereocenters. The number of methoxy groups -OCH3 is 1. The molecule has 0 fully saturated rings. The zero-order valence-electron chi connectivity index (χ0n) is 19.1.